The number of carbonyl (C=O) groups is 2. The van der Waals surface area contributed by atoms with Gasteiger partial charge < -0.3 is 10.1 Å². The third-order valence-electron chi connectivity index (χ3n) is 6.83. The van der Waals surface area contributed by atoms with Gasteiger partial charge in [0, 0.05) is 5.54 Å². The molecule has 1 aromatic heterocycles. The van der Waals surface area contributed by atoms with Gasteiger partial charge in [-0.3, -0.25) is 4.79 Å². The second kappa shape index (κ2) is 8.33. The molecule has 1 N–H and O–H groups in total. The molecule has 6 rings (SSSR count). The lowest BCUT2D eigenvalue weighted by Gasteiger charge is -2.56. The van der Waals surface area contributed by atoms with Crippen molar-refractivity contribution < 1.29 is 14.3 Å². The molecule has 4 bridgehead atoms. The minimum absolute atomic E-state index is 0.0673. The predicted molar refractivity (Wildman–Crippen MR) is 123 cm³/mol. The SMILES string of the molecule is CSc1nn(-c2ccc(C(=O)OCC(=O)NC34CC5CC(CC(C5)C3)C4)cc2)c(=S)s1. The van der Waals surface area contributed by atoms with Crippen LogP contribution in [0.2, 0.25) is 0 Å². The molecule has 0 aliphatic heterocycles. The molecule has 0 spiro atoms. The summed E-state index contributed by atoms with van der Waals surface area (Å²) in [5.74, 6) is 1.58. The summed E-state index contributed by atoms with van der Waals surface area (Å²) in [6, 6.07) is 6.92. The Labute approximate surface area is 194 Å². The summed E-state index contributed by atoms with van der Waals surface area (Å²) in [4.78, 5) is 25.0. The lowest BCUT2D eigenvalue weighted by Crippen LogP contribution is -2.60. The molecular formula is C22H25N3O3S3. The summed E-state index contributed by atoms with van der Waals surface area (Å²) in [5.41, 5.74) is 1.12. The smallest absolute Gasteiger partial charge is 0.338 e. The Kier molecular flexibility index (Phi) is 5.68. The summed E-state index contributed by atoms with van der Waals surface area (Å²) < 4.78 is 8.52. The lowest BCUT2D eigenvalue weighted by molar-refractivity contribution is -0.130. The Morgan fingerprint density at radius 3 is 2.35 bits per heavy atom. The maximum Gasteiger partial charge on any atom is 0.338 e. The first-order valence-corrected chi connectivity index (χ1v) is 13.1. The van der Waals surface area contributed by atoms with Crippen LogP contribution in [0, 0.1) is 21.7 Å². The van der Waals surface area contributed by atoms with E-state index < -0.39 is 5.97 Å². The van der Waals surface area contributed by atoms with Crippen LogP contribution >= 0.6 is 35.3 Å². The number of hydrogen-bond donors (Lipinski definition) is 1. The van der Waals surface area contributed by atoms with Gasteiger partial charge in [0.05, 0.1) is 11.3 Å². The second-order valence-electron chi connectivity index (χ2n) is 9.12. The highest BCUT2D eigenvalue weighted by molar-refractivity contribution is 8.00. The molecule has 4 fully saturated rings. The fourth-order valence-corrected chi connectivity index (χ4v) is 7.83. The molecule has 31 heavy (non-hydrogen) atoms. The molecule has 0 radical (unpaired) electrons. The van der Waals surface area contributed by atoms with Crippen molar-refractivity contribution in [3.63, 3.8) is 0 Å². The third-order valence-corrected chi connectivity index (χ3v) is 9.04. The van der Waals surface area contributed by atoms with Crippen molar-refractivity contribution in [2.45, 2.75) is 48.4 Å². The molecule has 4 aliphatic rings. The minimum Gasteiger partial charge on any atom is -0.452 e. The van der Waals surface area contributed by atoms with Crippen molar-refractivity contribution in [1.29, 1.82) is 0 Å². The Hall–Kier alpha value is -1.71. The van der Waals surface area contributed by atoms with Crippen LogP contribution in [0.25, 0.3) is 5.69 Å². The average molecular weight is 476 g/mol. The monoisotopic (exact) mass is 475 g/mol. The predicted octanol–water partition coefficient (Wildman–Crippen LogP) is 4.63. The van der Waals surface area contributed by atoms with Gasteiger partial charge in [-0.25, -0.2) is 9.48 Å². The van der Waals surface area contributed by atoms with Crippen LogP contribution in [-0.4, -0.2) is 40.1 Å². The van der Waals surface area contributed by atoms with Gasteiger partial charge in [-0.15, -0.1) is 5.10 Å². The molecule has 6 nitrogen and oxygen atoms in total. The second-order valence-corrected chi connectivity index (χ2v) is 11.8. The summed E-state index contributed by atoms with van der Waals surface area (Å²) in [5, 5.41) is 7.68. The van der Waals surface area contributed by atoms with Crippen molar-refractivity contribution >= 4 is 47.2 Å². The van der Waals surface area contributed by atoms with Gasteiger partial charge in [0.1, 0.15) is 0 Å². The number of esters is 1. The van der Waals surface area contributed by atoms with Crippen LogP contribution in [0.15, 0.2) is 28.6 Å². The fraction of sp³-hybridized carbons (Fsp3) is 0.545. The van der Waals surface area contributed by atoms with Crippen molar-refractivity contribution in [3.8, 4) is 5.69 Å². The van der Waals surface area contributed by atoms with Crippen molar-refractivity contribution in [2.24, 2.45) is 17.8 Å². The molecule has 164 valence electrons. The molecule has 1 amide bonds. The van der Waals surface area contributed by atoms with E-state index in [1.807, 2.05) is 6.26 Å². The average Bonchev–Trinajstić information content (AvgIpc) is 3.11. The van der Waals surface area contributed by atoms with Crippen LogP contribution in [0.3, 0.4) is 0 Å². The van der Waals surface area contributed by atoms with Gasteiger partial charge >= 0.3 is 5.97 Å². The number of benzene rings is 1. The number of ether oxygens (including phenoxy) is 1. The summed E-state index contributed by atoms with van der Waals surface area (Å²) in [6.07, 6.45) is 9.17. The number of amides is 1. The first-order chi connectivity index (χ1) is 14.9. The van der Waals surface area contributed by atoms with Crippen LogP contribution < -0.4 is 5.32 Å². The zero-order chi connectivity index (χ0) is 21.6. The van der Waals surface area contributed by atoms with E-state index >= 15 is 0 Å². The van der Waals surface area contributed by atoms with Gasteiger partial charge in [-0.05, 0) is 99.0 Å². The van der Waals surface area contributed by atoms with E-state index in [-0.39, 0.29) is 18.1 Å². The quantitative estimate of drug-likeness (QED) is 0.373. The molecule has 4 saturated carbocycles. The molecule has 0 saturated heterocycles. The fourth-order valence-electron chi connectivity index (χ4n) is 6.06. The number of rotatable bonds is 6. The Morgan fingerprint density at radius 2 is 1.81 bits per heavy atom. The number of nitrogens with zero attached hydrogens (tertiary/aromatic N) is 2. The van der Waals surface area contributed by atoms with E-state index in [0.29, 0.717) is 9.52 Å². The highest BCUT2D eigenvalue weighted by Crippen LogP contribution is 2.55. The molecule has 0 unspecified atom stereocenters. The molecule has 2 aromatic rings. The Balaban J connectivity index is 1.17. The highest BCUT2D eigenvalue weighted by Gasteiger charge is 2.51. The first kappa shape index (κ1) is 21.2. The molecule has 4 aliphatic carbocycles. The van der Waals surface area contributed by atoms with Gasteiger partial charge in [0.15, 0.2) is 14.9 Å². The highest BCUT2D eigenvalue weighted by atomic mass is 32.2. The largest absolute Gasteiger partial charge is 0.452 e. The van der Waals surface area contributed by atoms with Gasteiger partial charge in [-0.1, -0.05) is 23.1 Å². The third kappa shape index (κ3) is 4.32. The topological polar surface area (TPSA) is 73.2 Å². The summed E-state index contributed by atoms with van der Waals surface area (Å²) >= 11 is 8.34. The van der Waals surface area contributed by atoms with E-state index in [1.54, 1.807) is 40.7 Å². The lowest BCUT2D eigenvalue weighted by atomic mass is 9.53. The van der Waals surface area contributed by atoms with Gasteiger partial charge in [-0.2, -0.15) is 0 Å². The van der Waals surface area contributed by atoms with Crippen molar-refractivity contribution in [3.05, 3.63) is 33.8 Å². The number of thioether (sulfide) groups is 1. The van der Waals surface area contributed by atoms with Crippen molar-refractivity contribution in [1.82, 2.24) is 15.1 Å². The molecule has 1 aromatic carbocycles. The van der Waals surface area contributed by atoms with E-state index in [2.05, 4.69) is 10.4 Å². The number of carbonyl (C=O) groups excluding carboxylic acids is 2. The molecule has 0 atom stereocenters. The zero-order valence-electron chi connectivity index (χ0n) is 17.3. The maximum absolute atomic E-state index is 12.6. The zero-order valence-corrected chi connectivity index (χ0v) is 19.8. The van der Waals surface area contributed by atoms with Crippen LogP contribution in [-0.2, 0) is 9.53 Å². The van der Waals surface area contributed by atoms with Crippen LogP contribution in [0.1, 0.15) is 48.9 Å². The molecular weight excluding hydrogens is 450 g/mol. The van der Waals surface area contributed by atoms with Gasteiger partial charge in [0.2, 0.25) is 0 Å². The number of nitrogens with one attached hydrogen (secondary N) is 1. The van der Waals surface area contributed by atoms with Crippen LogP contribution in [0.5, 0.6) is 0 Å². The van der Waals surface area contributed by atoms with Gasteiger partial charge in [0.25, 0.3) is 5.91 Å². The summed E-state index contributed by atoms with van der Waals surface area (Å²) in [7, 11) is 0. The van der Waals surface area contributed by atoms with E-state index in [1.165, 1.54) is 30.6 Å². The maximum atomic E-state index is 12.6. The molecule has 1 heterocycles. The van der Waals surface area contributed by atoms with E-state index in [4.69, 9.17) is 17.0 Å². The van der Waals surface area contributed by atoms with E-state index in [9.17, 15) is 9.59 Å². The minimum atomic E-state index is -0.501. The molecule has 9 heteroatoms. The van der Waals surface area contributed by atoms with Crippen LogP contribution in [0.4, 0.5) is 0 Å². The Bertz CT molecular complexity index is 1020. The number of hydrogen-bond acceptors (Lipinski definition) is 7. The number of aromatic nitrogens is 2. The van der Waals surface area contributed by atoms with Crippen molar-refractivity contribution in [2.75, 3.05) is 12.9 Å². The van der Waals surface area contributed by atoms with E-state index in [0.717, 1.165) is 47.0 Å². The first-order valence-electron chi connectivity index (χ1n) is 10.7. The normalized spacial score (nSPS) is 28.5. The Morgan fingerprint density at radius 1 is 1.19 bits per heavy atom. The standard InChI is InChI=1S/C22H25N3O3S3/c1-30-20-24-25(21(29)31-20)17-4-2-16(3-5-17)19(27)28-12-18(26)23-22-9-13-6-14(10-22)8-15(7-13)11-22/h2-5,13-15H,6-12H2,1H3,(H,23,26). The summed E-state index contributed by atoms with van der Waals surface area (Å²) in [6.45, 7) is -0.240.